The average molecular weight is 162 g/mol. The Morgan fingerprint density at radius 2 is 1.70 bits per heavy atom. The molecule has 0 aliphatic rings. The molecule has 0 aliphatic carbocycles. The Morgan fingerprint density at radius 3 is 1.80 bits per heavy atom. The van der Waals surface area contributed by atoms with Gasteiger partial charge in [0.15, 0.2) is 12.3 Å². The minimum atomic E-state index is -3.80. The van der Waals surface area contributed by atoms with Gasteiger partial charge in [-0.25, -0.2) is 22.0 Å². The number of hydrogen-bond acceptors (Lipinski definition) is 0. The van der Waals surface area contributed by atoms with Gasteiger partial charge < -0.3 is 0 Å². The second-order valence-corrected chi connectivity index (χ2v) is 2.03. The van der Waals surface area contributed by atoms with E-state index in [1.165, 1.54) is 0 Å². The zero-order chi connectivity index (χ0) is 8.36. The van der Waals surface area contributed by atoms with Crippen molar-refractivity contribution in [2.45, 2.75) is 25.2 Å². The smallest absolute Gasteiger partial charge is 0.248 e. The Labute approximate surface area is 55.0 Å². The van der Waals surface area contributed by atoms with Crippen LogP contribution in [0.15, 0.2) is 0 Å². The van der Waals surface area contributed by atoms with Crippen molar-refractivity contribution in [2.75, 3.05) is 6.67 Å². The molecule has 62 valence electrons. The summed E-state index contributed by atoms with van der Waals surface area (Å²) in [6, 6.07) is 0. The van der Waals surface area contributed by atoms with Gasteiger partial charge in [-0.3, -0.25) is 0 Å². The van der Waals surface area contributed by atoms with E-state index in [0.29, 0.717) is 0 Å². The third-order valence-corrected chi connectivity index (χ3v) is 0.949. The summed E-state index contributed by atoms with van der Waals surface area (Å²) < 4.78 is 58.5. The maximum atomic E-state index is 11.9. The first-order valence-corrected chi connectivity index (χ1v) is 2.61. The van der Waals surface area contributed by atoms with Gasteiger partial charge in [0, 0.05) is 6.92 Å². The van der Waals surface area contributed by atoms with Crippen LogP contribution in [0.3, 0.4) is 0 Å². The van der Waals surface area contributed by atoms with Gasteiger partial charge in [-0.1, -0.05) is 0 Å². The molecular formula is C5H7F5. The highest BCUT2D eigenvalue weighted by atomic mass is 19.3. The van der Waals surface area contributed by atoms with E-state index in [9.17, 15) is 22.0 Å². The van der Waals surface area contributed by atoms with Crippen LogP contribution in [0, 0.1) is 0 Å². The molecule has 0 aromatic carbocycles. The predicted octanol–water partition coefficient (Wildman–Crippen LogP) is 2.29. The van der Waals surface area contributed by atoms with Crippen LogP contribution < -0.4 is 0 Å². The van der Waals surface area contributed by atoms with E-state index < -0.39 is 24.9 Å². The normalized spacial score (nSPS) is 18.6. The second-order valence-electron chi connectivity index (χ2n) is 2.03. The molecule has 0 heterocycles. The number of hydrogen-bond donors (Lipinski definition) is 0. The molecule has 0 nitrogen and oxygen atoms in total. The number of alkyl halides is 5. The Bertz CT molecular complexity index is 96.7. The third kappa shape index (κ3) is 2.49. The summed E-state index contributed by atoms with van der Waals surface area (Å²) >= 11 is 0. The van der Waals surface area contributed by atoms with Crippen LogP contribution in [0.2, 0.25) is 0 Å². The van der Waals surface area contributed by atoms with Crippen molar-refractivity contribution >= 4 is 0 Å². The first kappa shape index (κ1) is 9.65. The monoisotopic (exact) mass is 162 g/mol. The molecule has 0 rings (SSSR count). The molecule has 0 radical (unpaired) electrons. The summed E-state index contributed by atoms with van der Waals surface area (Å²) in [6.07, 6.45) is -5.77. The lowest BCUT2D eigenvalue weighted by atomic mass is 10.1. The van der Waals surface area contributed by atoms with Crippen LogP contribution in [0.4, 0.5) is 22.0 Å². The molecule has 0 saturated heterocycles. The summed E-state index contributed by atoms with van der Waals surface area (Å²) in [4.78, 5) is 0. The average Bonchev–Trinajstić information content (AvgIpc) is 1.83. The Balaban J connectivity index is 3.94. The van der Waals surface area contributed by atoms with E-state index in [4.69, 9.17) is 0 Å². The molecule has 5 heteroatoms. The number of rotatable bonds is 3. The van der Waals surface area contributed by atoms with Gasteiger partial charge in [0.1, 0.15) is 6.67 Å². The van der Waals surface area contributed by atoms with Crippen molar-refractivity contribution in [1.82, 2.24) is 0 Å². The summed E-state index contributed by atoms with van der Waals surface area (Å²) in [5, 5.41) is 0. The quantitative estimate of drug-likeness (QED) is 0.558. The van der Waals surface area contributed by atoms with Crippen molar-refractivity contribution < 1.29 is 22.0 Å². The lowest BCUT2D eigenvalue weighted by Crippen LogP contribution is -2.35. The van der Waals surface area contributed by atoms with Gasteiger partial charge >= 0.3 is 0 Å². The lowest BCUT2D eigenvalue weighted by molar-refractivity contribution is -0.0874. The highest BCUT2D eigenvalue weighted by molar-refractivity contribution is 4.78. The second kappa shape index (κ2) is 3.16. The molecule has 0 amide bonds. The Kier molecular flexibility index (Phi) is 3.05. The Hall–Kier alpha value is -0.350. The molecule has 2 unspecified atom stereocenters. The van der Waals surface area contributed by atoms with Crippen molar-refractivity contribution in [3.8, 4) is 0 Å². The van der Waals surface area contributed by atoms with E-state index in [2.05, 4.69) is 0 Å². The van der Waals surface area contributed by atoms with Crippen LogP contribution in [0.1, 0.15) is 6.92 Å². The van der Waals surface area contributed by atoms with Gasteiger partial charge in [0.2, 0.25) is 0 Å². The molecule has 0 fully saturated rings. The fourth-order valence-electron chi connectivity index (χ4n) is 0.396. The van der Waals surface area contributed by atoms with E-state index >= 15 is 0 Å². The summed E-state index contributed by atoms with van der Waals surface area (Å²) in [5.41, 5.74) is 0. The summed E-state index contributed by atoms with van der Waals surface area (Å²) in [6.45, 7) is -1.51. The van der Waals surface area contributed by atoms with Crippen LogP contribution in [0.25, 0.3) is 0 Å². The van der Waals surface area contributed by atoms with Crippen molar-refractivity contribution in [3.63, 3.8) is 0 Å². The van der Waals surface area contributed by atoms with Gasteiger partial charge in [-0.15, -0.1) is 0 Å². The Morgan fingerprint density at radius 1 is 1.30 bits per heavy atom. The van der Waals surface area contributed by atoms with E-state index in [-0.39, 0.29) is 6.92 Å². The molecule has 0 saturated carbocycles. The zero-order valence-corrected chi connectivity index (χ0v) is 5.25. The van der Waals surface area contributed by atoms with E-state index in [0.717, 1.165) is 0 Å². The predicted molar refractivity (Wildman–Crippen MR) is 26.4 cm³/mol. The first-order valence-electron chi connectivity index (χ1n) is 2.61. The van der Waals surface area contributed by atoms with E-state index in [1.807, 2.05) is 0 Å². The third-order valence-electron chi connectivity index (χ3n) is 0.949. The SMILES string of the molecule is CC(F)(F)C(F)C(F)CF. The van der Waals surface area contributed by atoms with Gasteiger partial charge in [-0.05, 0) is 0 Å². The maximum Gasteiger partial charge on any atom is 0.278 e. The maximum absolute atomic E-state index is 11.9. The topological polar surface area (TPSA) is 0 Å². The summed E-state index contributed by atoms with van der Waals surface area (Å²) in [7, 11) is 0. The zero-order valence-electron chi connectivity index (χ0n) is 5.25. The standard InChI is InChI=1S/C5H7F5/c1-5(9,10)4(8)3(7)2-6/h3-4H,2H2,1H3. The molecule has 2 atom stereocenters. The van der Waals surface area contributed by atoms with E-state index in [1.54, 1.807) is 0 Å². The van der Waals surface area contributed by atoms with Crippen LogP contribution in [0.5, 0.6) is 0 Å². The van der Waals surface area contributed by atoms with Gasteiger partial charge in [0.05, 0.1) is 0 Å². The summed E-state index contributed by atoms with van der Waals surface area (Å²) in [5.74, 6) is -3.80. The fourth-order valence-corrected chi connectivity index (χ4v) is 0.396. The molecule has 0 N–H and O–H groups in total. The minimum Gasteiger partial charge on any atom is -0.248 e. The van der Waals surface area contributed by atoms with Gasteiger partial charge in [-0.2, -0.15) is 0 Å². The van der Waals surface area contributed by atoms with Crippen molar-refractivity contribution in [1.29, 1.82) is 0 Å². The van der Waals surface area contributed by atoms with Gasteiger partial charge in [0.25, 0.3) is 5.92 Å². The lowest BCUT2D eigenvalue weighted by Gasteiger charge is -2.16. The molecule has 0 spiro atoms. The highest BCUT2D eigenvalue weighted by Crippen LogP contribution is 2.24. The largest absolute Gasteiger partial charge is 0.278 e. The minimum absolute atomic E-state index is 0.208. The van der Waals surface area contributed by atoms with Crippen molar-refractivity contribution in [3.05, 3.63) is 0 Å². The molecule has 0 aromatic heterocycles. The van der Waals surface area contributed by atoms with Crippen LogP contribution in [-0.4, -0.2) is 24.9 Å². The highest BCUT2D eigenvalue weighted by Gasteiger charge is 2.40. The first-order chi connectivity index (χ1) is 4.39. The van der Waals surface area contributed by atoms with Crippen LogP contribution in [-0.2, 0) is 0 Å². The molecule has 10 heavy (non-hydrogen) atoms. The van der Waals surface area contributed by atoms with Crippen LogP contribution >= 0.6 is 0 Å². The molecule has 0 bridgehead atoms. The molecule has 0 aliphatic heterocycles. The fraction of sp³-hybridized carbons (Fsp3) is 1.00. The number of halogens is 5. The van der Waals surface area contributed by atoms with Crippen molar-refractivity contribution in [2.24, 2.45) is 0 Å². The molecule has 0 aromatic rings. The molecular weight excluding hydrogens is 155 g/mol.